The van der Waals surface area contributed by atoms with Crippen LogP contribution in [0.3, 0.4) is 0 Å². The summed E-state index contributed by atoms with van der Waals surface area (Å²) in [6.07, 6.45) is 0. The van der Waals surface area contributed by atoms with Gasteiger partial charge in [0.25, 0.3) is 0 Å². The minimum absolute atomic E-state index is 0.520. The molecule has 0 aromatic heterocycles. The lowest BCUT2D eigenvalue weighted by Crippen LogP contribution is -2.29. The van der Waals surface area contributed by atoms with Crippen molar-refractivity contribution >= 4 is 0 Å². The van der Waals surface area contributed by atoms with E-state index in [1.165, 1.54) is 11.1 Å². The van der Waals surface area contributed by atoms with E-state index in [1.807, 2.05) is 0 Å². The first-order chi connectivity index (χ1) is 8.08. The molecular weight excluding hydrogens is 208 g/mol. The van der Waals surface area contributed by atoms with Crippen LogP contribution in [0.1, 0.15) is 19.4 Å². The summed E-state index contributed by atoms with van der Waals surface area (Å²) in [5.41, 5.74) is 2.58. The molecule has 1 N–H and O–H groups in total. The second-order valence-corrected chi connectivity index (χ2v) is 4.94. The van der Waals surface area contributed by atoms with Crippen LogP contribution >= 0.6 is 0 Å². The third-order valence-electron chi connectivity index (χ3n) is 2.55. The number of nitrogens with one attached hydrogen (secondary N) is 1. The summed E-state index contributed by atoms with van der Waals surface area (Å²) in [4.78, 5) is 2.29. The van der Waals surface area contributed by atoms with Crippen molar-refractivity contribution in [2.24, 2.45) is 0 Å². The summed E-state index contributed by atoms with van der Waals surface area (Å²) in [5, 5.41) is 3.39. The van der Waals surface area contributed by atoms with Gasteiger partial charge in [-0.25, -0.2) is 0 Å². The predicted octanol–water partition coefficient (Wildman–Crippen LogP) is 2.67. The Bertz CT molecular complexity index is 330. The van der Waals surface area contributed by atoms with E-state index in [9.17, 15) is 0 Å². The Balaban J connectivity index is 2.29. The smallest absolute Gasteiger partial charge is 0.0234 e. The van der Waals surface area contributed by atoms with Gasteiger partial charge in [-0.1, -0.05) is 50.8 Å². The van der Waals surface area contributed by atoms with Gasteiger partial charge >= 0.3 is 0 Å². The predicted molar refractivity (Wildman–Crippen MR) is 75.1 cm³/mol. The Hall–Kier alpha value is -1.12. The minimum Gasteiger partial charge on any atom is -0.311 e. The van der Waals surface area contributed by atoms with Crippen molar-refractivity contribution in [3.05, 3.63) is 48.0 Å². The first-order valence-corrected chi connectivity index (χ1v) is 6.20. The molecule has 0 unspecified atom stereocenters. The highest BCUT2D eigenvalue weighted by Crippen LogP contribution is 2.04. The molecule has 0 bridgehead atoms. The van der Waals surface area contributed by atoms with E-state index >= 15 is 0 Å². The SMILES string of the molecule is C=C(CNC(C)C)CN(C)Cc1ccccc1. The number of rotatable bonds is 7. The van der Waals surface area contributed by atoms with E-state index in [4.69, 9.17) is 0 Å². The standard InChI is InChI=1S/C15H24N2/c1-13(2)16-10-14(3)11-17(4)12-15-8-6-5-7-9-15/h5-9,13,16H,3,10-12H2,1-2,4H3. The maximum atomic E-state index is 4.10. The van der Waals surface area contributed by atoms with Crippen molar-refractivity contribution < 1.29 is 0 Å². The zero-order chi connectivity index (χ0) is 12.7. The lowest BCUT2D eigenvalue weighted by atomic mass is 10.2. The van der Waals surface area contributed by atoms with E-state index in [0.29, 0.717) is 6.04 Å². The van der Waals surface area contributed by atoms with Gasteiger partial charge in [-0.05, 0) is 18.2 Å². The molecule has 1 aromatic carbocycles. The number of likely N-dealkylation sites (N-methyl/N-ethyl adjacent to an activating group) is 1. The van der Waals surface area contributed by atoms with E-state index < -0.39 is 0 Å². The van der Waals surface area contributed by atoms with Crippen LogP contribution in [-0.2, 0) is 6.54 Å². The van der Waals surface area contributed by atoms with E-state index in [2.05, 4.69) is 68.0 Å². The Morgan fingerprint density at radius 3 is 2.53 bits per heavy atom. The highest BCUT2D eigenvalue weighted by atomic mass is 15.1. The maximum Gasteiger partial charge on any atom is 0.0234 e. The summed E-state index contributed by atoms with van der Waals surface area (Å²) in [6, 6.07) is 11.1. The molecule has 0 heterocycles. The Morgan fingerprint density at radius 1 is 1.29 bits per heavy atom. The van der Waals surface area contributed by atoms with Crippen molar-refractivity contribution in [1.29, 1.82) is 0 Å². The van der Waals surface area contributed by atoms with Crippen LogP contribution < -0.4 is 5.32 Å². The van der Waals surface area contributed by atoms with Crippen LogP contribution in [0.25, 0.3) is 0 Å². The quantitative estimate of drug-likeness (QED) is 0.727. The second-order valence-electron chi connectivity index (χ2n) is 4.94. The van der Waals surface area contributed by atoms with Crippen LogP contribution in [0.5, 0.6) is 0 Å². The van der Waals surface area contributed by atoms with E-state index in [1.54, 1.807) is 0 Å². The molecule has 0 saturated heterocycles. The fourth-order valence-electron chi connectivity index (χ4n) is 1.74. The molecule has 94 valence electrons. The molecule has 17 heavy (non-hydrogen) atoms. The largest absolute Gasteiger partial charge is 0.311 e. The molecule has 0 aliphatic carbocycles. The number of nitrogens with zero attached hydrogens (tertiary/aromatic N) is 1. The zero-order valence-corrected chi connectivity index (χ0v) is 11.2. The fraction of sp³-hybridized carbons (Fsp3) is 0.467. The maximum absolute atomic E-state index is 4.10. The van der Waals surface area contributed by atoms with Crippen molar-refractivity contribution in [3.8, 4) is 0 Å². The molecule has 0 aliphatic heterocycles. The Kier molecular flexibility index (Phi) is 5.95. The van der Waals surface area contributed by atoms with Crippen LogP contribution in [0.2, 0.25) is 0 Å². The highest BCUT2D eigenvalue weighted by Gasteiger charge is 2.03. The van der Waals surface area contributed by atoms with Crippen LogP contribution in [-0.4, -0.2) is 31.1 Å². The van der Waals surface area contributed by atoms with Crippen molar-refractivity contribution in [2.75, 3.05) is 20.1 Å². The topological polar surface area (TPSA) is 15.3 Å². The molecule has 0 radical (unpaired) electrons. The number of hydrogen-bond acceptors (Lipinski definition) is 2. The lowest BCUT2D eigenvalue weighted by molar-refractivity contribution is 0.351. The molecule has 0 aliphatic rings. The highest BCUT2D eigenvalue weighted by molar-refractivity contribution is 5.14. The summed E-state index contributed by atoms with van der Waals surface area (Å²) >= 11 is 0. The fourth-order valence-corrected chi connectivity index (χ4v) is 1.74. The Morgan fingerprint density at radius 2 is 1.94 bits per heavy atom. The number of hydrogen-bond donors (Lipinski definition) is 1. The molecule has 2 heteroatoms. The molecule has 1 rings (SSSR count). The van der Waals surface area contributed by atoms with Gasteiger partial charge in [-0.3, -0.25) is 4.90 Å². The Labute approximate surface area is 105 Å². The van der Waals surface area contributed by atoms with E-state index in [-0.39, 0.29) is 0 Å². The van der Waals surface area contributed by atoms with Crippen molar-refractivity contribution in [2.45, 2.75) is 26.4 Å². The molecule has 0 fully saturated rings. The van der Waals surface area contributed by atoms with Gasteiger partial charge in [-0.2, -0.15) is 0 Å². The van der Waals surface area contributed by atoms with Gasteiger partial charge in [0, 0.05) is 25.7 Å². The molecule has 0 atom stereocenters. The second kappa shape index (κ2) is 7.25. The van der Waals surface area contributed by atoms with Gasteiger partial charge in [-0.15, -0.1) is 0 Å². The van der Waals surface area contributed by atoms with Crippen LogP contribution in [0.4, 0.5) is 0 Å². The summed E-state index contributed by atoms with van der Waals surface area (Å²) < 4.78 is 0. The monoisotopic (exact) mass is 232 g/mol. The summed E-state index contributed by atoms with van der Waals surface area (Å²) in [6.45, 7) is 11.2. The van der Waals surface area contributed by atoms with Gasteiger partial charge in [0.05, 0.1) is 0 Å². The molecule has 0 spiro atoms. The average molecular weight is 232 g/mol. The third-order valence-corrected chi connectivity index (χ3v) is 2.55. The van der Waals surface area contributed by atoms with Crippen molar-refractivity contribution in [1.82, 2.24) is 10.2 Å². The first-order valence-electron chi connectivity index (χ1n) is 6.20. The zero-order valence-electron chi connectivity index (χ0n) is 11.2. The lowest BCUT2D eigenvalue weighted by Gasteiger charge is -2.19. The van der Waals surface area contributed by atoms with Crippen molar-refractivity contribution in [3.63, 3.8) is 0 Å². The normalized spacial score (nSPS) is 11.1. The summed E-state index contributed by atoms with van der Waals surface area (Å²) in [7, 11) is 2.13. The summed E-state index contributed by atoms with van der Waals surface area (Å²) in [5.74, 6) is 0. The van der Waals surface area contributed by atoms with E-state index in [0.717, 1.165) is 19.6 Å². The van der Waals surface area contributed by atoms with Crippen LogP contribution in [0, 0.1) is 0 Å². The first kappa shape index (κ1) is 13.9. The minimum atomic E-state index is 0.520. The van der Waals surface area contributed by atoms with Crippen LogP contribution in [0.15, 0.2) is 42.5 Å². The molecule has 2 nitrogen and oxygen atoms in total. The average Bonchev–Trinajstić information content (AvgIpc) is 2.27. The van der Waals surface area contributed by atoms with Gasteiger partial charge in [0.1, 0.15) is 0 Å². The van der Waals surface area contributed by atoms with Gasteiger partial charge in [0.15, 0.2) is 0 Å². The number of benzene rings is 1. The molecule has 0 amide bonds. The molecule has 1 aromatic rings. The van der Waals surface area contributed by atoms with Gasteiger partial charge < -0.3 is 5.32 Å². The molecule has 0 saturated carbocycles. The van der Waals surface area contributed by atoms with Gasteiger partial charge in [0.2, 0.25) is 0 Å². The molecular formula is C15H24N2. The third kappa shape index (κ3) is 6.25.